The highest BCUT2D eigenvalue weighted by atomic mass is 32.2. The number of rotatable bonds is 13. The standard InChI is InChI=1S/C25H26F4N2O6S2/c1-37-21-12-18(24(33)34)19(26)13-20(21)31-39(35,36)22-14-38-23(30-22)16-9-7-15(8-10-16)4-2-5-17(6-3-11-32)25(27,28)29/h7-10,12-14,17,31-32H,2-6,11H2,1H3,(H,33,34)/t17-/m0/s1. The molecule has 3 rings (SSSR count). The van der Waals surface area contributed by atoms with Gasteiger partial charge in [0.25, 0.3) is 10.0 Å². The van der Waals surface area contributed by atoms with Crippen LogP contribution in [0.2, 0.25) is 0 Å². The van der Waals surface area contributed by atoms with E-state index < -0.39 is 39.5 Å². The van der Waals surface area contributed by atoms with Crippen LogP contribution in [-0.2, 0) is 16.4 Å². The van der Waals surface area contributed by atoms with Gasteiger partial charge in [0.15, 0.2) is 5.03 Å². The number of thiazole rings is 1. The van der Waals surface area contributed by atoms with Crippen LogP contribution < -0.4 is 9.46 Å². The molecule has 0 bridgehead atoms. The molecule has 0 unspecified atom stereocenters. The van der Waals surface area contributed by atoms with Gasteiger partial charge in [-0.15, -0.1) is 11.3 Å². The number of halogens is 4. The van der Waals surface area contributed by atoms with E-state index in [1.807, 2.05) is 0 Å². The smallest absolute Gasteiger partial charge is 0.391 e. The number of carboxylic acid groups (broad SMARTS) is 1. The summed E-state index contributed by atoms with van der Waals surface area (Å²) >= 11 is 1.04. The highest BCUT2D eigenvalue weighted by molar-refractivity contribution is 7.92. The number of ether oxygens (including phenoxy) is 1. The molecule has 3 aromatic rings. The molecule has 0 saturated carbocycles. The summed E-state index contributed by atoms with van der Waals surface area (Å²) < 4.78 is 86.4. The lowest BCUT2D eigenvalue weighted by Crippen LogP contribution is -2.23. The normalized spacial score (nSPS) is 12.8. The lowest BCUT2D eigenvalue weighted by atomic mass is 9.94. The number of hydrogen-bond acceptors (Lipinski definition) is 7. The number of aromatic carboxylic acids is 1. The molecule has 1 heterocycles. The third-order valence-corrected chi connectivity index (χ3v) is 8.20. The van der Waals surface area contributed by atoms with Crippen LogP contribution in [0.5, 0.6) is 5.75 Å². The number of aliphatic hydroxyl groups excluding tert-OH is 1. The van der Waals surface area contributed by atoms with Crippen molar-refractivity contribution < 1.29 is 45.7 Å². The van der Waals surface area contributed by atoms with E-state index in [1.165, 1.54) is 12.5 Å². The first-order valence-corrected chi connectivity index (χ1v) is 14.1. The Morgan fingerprint density at radius 2 is 1.82 bits per heavy atom. The highest BCUT2D eigenvalue weighted by Crippen LogP contribution is 2.34. The monoisotopic (exact) mass is 590 g/mol. The average Bonchev–Trinajstić information content (AvgIpc) is 3.37. The van der Waals surface area contributed by atoms with Gasteiger partial charge in [-0.1, -0.05) is 24.3 Å². The van der Waals surface area contributed by atoms with Crippen LogP contribution in [0, 0.1) is 11.7 Å². The molecule has 0 aliphatic carbocycles. The summed E-state index contributed by atoms with van der Waals surface area (Å²) in [5, 5.41) is 19.2. The van der Waals surface area contributed by atoms with E-state index in [1.54, 1.807) is 24.3 Å². The van der Waals surface area contributed by atoms with Gasteiger partial charge in [0.05, 0.1) is 24.3 Å². The molecule has 0 aliphatic heterocycles. The van der Waals surface area contributed by atoms with Crippen molar-refractivity contribution in [2.75, 3.05) is 18.4 Å². The van der Waals surface area contributed by atoms with E-state index in [0.29, 0.717) is 29.5 Å². The maximum Gasteiger partial charge on any atom is 0.391 e. The van der Waals surface area contributed by atoms with Crippen molar-refractivity contribution in [2.45, 2.75) is 43.3 Å². The largest absolute Gasteiger partial charge is 0.495 e. The minimum atomic E-state index is -4.31. The Balaban J connectivity index is 1.68. The van der Waals surface area contributed by atoms with E-state index >= 15 is 0 Å². The van der Waals surface area contributed by atoms with E-state index in [-0.39, 0.29) is 42.3 Å². The third-order valence-electron chi connectivity index (χ3n) is 5.91. The lowest BCUT2D eigenvalue weighted by molar-refractivity contribution is -0.179. The van der Waals surface area contributed by atoms with E-state index in [2.05, 4.69) is 9.71 Å². The van der Waals surface area contributed by atoms with Gasteiger partial charge >= 0.3 is 12.1 Å². The molecule has 0 aliphatic rings. The lowest BCUT2D eigenvalue weighted by Gasteiger charge is -2.19. The number of nitrogens with one attached hydrogen (secondary N) is 1. The Morgan fingerprint density at radius 3 is 2.41 bits per heavy atom. The zero-order chi connectivity index (χ0) is 28.8. The van der Waals surface area contributed by atoms with Crippen LogP contribution in [0.1, 0.15) is 41.6 Å². The minimum Gasteiger partial charge on any atom is -0.495 e. The number of alkyl halides is 3. The number of aliphatic hydroxyl groups is 1. The van der Waals surface area contributed by atoms with Crippen LogP contribution in [0.4, 0.5) is 23.2 Å². The number of aryl methyl sites for hydroxylation is 1. The molecular weight excluding hydrogens is 564 g/mol. The zero-order valence-electron chi connectivity index (χ0n) is 20.7. The molecule has 0 fully saturated rings. The summed E-state index contributed by atoms with van der Waals surface area (Å²) in [7, 11) is -3.11. The van der Waals surface area contributed by atoms with Gasteiger partial charge in [-0.25, -0.2) is 14.2 Å². The quantitative estimate of drug-likeness (QED) is 0.217. The van der Waals surface area contributed by atoms with Crippen LogP contribution in [0.25, 0.3) is 10.6 Å². The molecule has 0 radical (unpaired) electrons. The summed E-state index contributed by atoms with van der Waals surface area (Å²) in [6, 6.07) is 8.41. The Labute approximate surface area is 226 Å². The number of methoxy groups -OCH3 is 1. The average molecular weight is 591 g/mol. The summed E-state index contributed by atoms with van der Waals surface area (Å²) in [6.07, 6.45) is -3.62. The predicted octanol–water partition coefficient (Wildman–Crippen LogP) is 5.73. The Hall–Kier alpha value is -3.23. The number of anilines is 1. The molecule has 0 amide bonds. The fourth-order valence-electron chi connectivity index (χ4n) is 3.85. The van der Waals surface area contributed by atoms with Gasteiger partial charge in [0, 0.05) is 23.6 Å². The van der Waals surface area contributed by atoms with Crippen LogP contribution >= 0.6 is 11.3 Å². The molecule has 39 heavy (non-hydrogen) atoms. The summed E-state index contributed by atoms with van der Waals surface area (Å²) in [4.78, 5) is 15.3. The zero-order valence-corrected chi connectivity index (χ0v) is 22.3. The van der Waals surface area contributed by atoms with Crippen molar-refractivity contribution in [3.63, 3.8) is 0 Å². The SMILES string of the molecule is COc1cc(C(=O)O)c(F)cc1NS(=O)(=O)c1csc(-c2ccc(CCC[C@@H](CCCO)C(F)(F)F)cc2)n1. The molecular formula is C25H26F4N2O6S2. The fraction of sp³-hybridized carbons (Fsp3) is 0.360. The fourth-order valence-corrected chi connectivity index (χ4v) is 6.02. The summed E-state index contributed by atoms with van der Waals surface area (Å²) in [5.41, 5.74) is 0.418. The number of aromatic nitrogens is 1. The van der Waals surface area contributed by atoms with Gasteiger partial charge < -0.3 is 14.9 Å². The second-order valence-electron chi connectivity index (χ2n) is 8.63. The van der Waals surface area contributed by atoms with E-state index in [9.17, 15) is 30.8 Å². The first-order chi connectivity index (χ1) is 18.4. The van der Waals surface area contributed by atoms with Crippen LogP contribution in [0.15, 0.2) is 46.8 Å². The third kappa shape index (κ3) is 7.90. The number of sulfonamides is 1. The van der Waals surface area contributed by atoms with Crippen molar-refractivity contribution in [3.05, 3.63) is 58.7 Å². The number of carboxylic acids is 1. The molecule has 0 saturated heterocycles. The van der Waals surface area contributed by atoms with Gasteiger partial charge in [0.1, 0.15) is 16.6 Å². The predicted molar refractivity (Wildman–Crippen MR) is 137 cm³/mol. The molecule has 14 heteroatoms. The molecule has 0 spiro atoms. The second-order valence-corrected chi connectivity index (χ2v) is 11.1. The van der Waals surface area contributed by atoms with E-state index in [4.69, 9.17) is 14.9 Å². The van der Waals surface area contributed by atoms with Crippen molar-refractivity contribution in [3.8, 4) is 16.3 Å². The second kappa shape index (κ2) is 12.7. The molecule has 1 aromatic heterocycles. The van der Waals surface area contributed by atoms with Crippen molar-refractivity contribution >= 4 is 33.0 Å². The number of benzene rings is 2. The highest BCUT2D eigenvalue weighted by Gasteiger charge is 2.38. The Kier molecular flexibility index (Phi) is 9.91. The summed E-state index contributed by atoms with van der Waals surface area (Å²) in [6.45, 7) is -0.281. The van der Waals surface area contributed by atoms with Crippen molar-refractivity contribution in [1.29, 1.82) is 0 Å². The Morgan fingerprint density at radius 1 is 1.15 bits per heavy atom. The summed E-state index contributed by atoms with van der Waals surface area (Å²) in [5.74, 6) is -4.35. The number of nitrogens with zero attached hydrogens (tertiary/aromatic N) is 1. The number of hydrogen-bond donors (Lipinski definition) is 3. The molecule has 3 N–H and O–H groups in total. The molecule has 212 valence electrons. The van der Waals surface area contributed by atoms with Crippen LogP contribution in [0.3, 0.4) is 0 Å². The van der Waals surface area contributed by atoms with Crippen molar-refractivity contribution in [1.82, 2.24) is 4.98 Å². The van der Waals surface area contributed by atoms with Gasteiger partial charge in [-0.3, -0.25) is 4.72 Å². The first kappa shape index (κ1) is 30.3. The maximum atomic E-state index is 14.1. The van der Waals surface area contributed by atoms with E-state index in [0.717, 1.165) is 23.0 Å². The molecule has 2 aromatic carbocycles. The van der Waals surface area contributed by atoms with Gasteiger partial charge in [0.2, 0.25) is 0 Å². The van der Waals surface area contributed by atoms with Crippen molar-refractivity contribution in [2.24, 2.45) is 5.92 Å². The number of carbonyl (C=O) groups is 1. The first-order valence-electron chi connectivity index (χ1n) is 11.7. The minimum absolute atomic E-state index is 0.0420. The van der Waals surface area contributed by atoms with Crippen LogP contribution in [-0.4, -0.2) is 49.5 Å². The van der Waals surface area contributed by atoms with Gasteiger partial charge in [-0.2, -0.15) is 21.6 Å². The topological polar surface area (TPSA) is 126 Å². The molecule has 1 atom stereocenters. The van der Waals surface area contributed by atoms with Gasteiger partial charge in [-0.05, 0) is 43.7 Å². The molecule has 8 nitrogen and oxygen atoms in total. The Bertz CT molecular complexity index is 1390. The maximum absolute atomic E-state index is 14.1.